The average Bonchev–Trinajstić information content (AvgIpc) is 3.24. The van der Waals surface area contributed by atoms with Gasteiger partial charge in [-0.15, -0.1) is 16.4 Å². The number of carbonyl (C=O) groups is 1. The third-order valence-corrected chi connectivity index (χ3v) is 5.07. The molecule has 4 aromatic rings. The monoisotopic (exact) mass is 395 g/mol. The number of carbonyl (C=O) groups excluding carboxylic acids is 1. The van der Waals surface area contributed by atoms with Crippen molar-refractivity contribution >= 4 is 28.0 Å². The summed E-state index contributed by atoms with van der Waals surface area (Å²) in [6.45, 7) is 2.41. The van der Waals surface area contributed by atoms with E-state index in [2.05, 4.69) is 20.7 Å². The van der Waals surface area contributed by atoms with E-state index in [-0.39, 0.29) is 11.8 Å². The number of hydrogen-bond donors (Lipinski definition) is 2. The van der Waals surface area contributed by atoms with Crippen LogP contribution in [0.1, 0.15) is 11.3 Å². The van der Waals surface area contributed by atoms with E-state index in [0.29, 0.717) is 29.3 Å². The number of anilines is 1. The smallest absolute Gasteiger partial charge is 0.319 e. The van der Waals surface area contributed by atoms with Crippen LogP contribution < -0.4 is 10.6 Å². The first-order valence-electron chi connectivity index (χ1n) is 8.80. The number of rotatable bonds is 5. The number of nitrogens with one attached hydrogen (secondary N) is 2. The van der Waals surface area contributed by atoms with E-state index in [9.17, 15) is 9.18 Å². The van der Waals surface area contributed by atoms with Crippen LogP contribution in [0.2, 0.25) is 0 Å². The van der Waals surface area contributed by atoms with E-state index in [1.165, 1.54) is 17.4 Å². The first kappa shape index (κ1) is 18.1. The molecule has 0 fully saturated rings. The second kappa shape index (κ2) is 7.77. The molecule has 2 amide bonds. The quantitative estimate of drug-likeness (QED) is 0.530. The third kappa shape index (κ3) is 3.86. The van der Waals surface area contributed by atoms with Crippen molar-refractivity contribution in [3.63, 3.8) is 0 Å². The summed E-state index contributed by atoms with van der Waals surface area (Å²) in [5.74, 6) is 0.00754. The molecule has 0 saturated carbocycles. The Labute approximate surface area is 165 Å². The molecule has 0 radical (unpaired) electrons. The van der Waals surface area contributed by atoms with Gasteiger partial charge in [-0.1, -0.05) is 24.3 Å². The molecule has 2 heterocycles. The number of benzene rings is 2. The van der Waals surface area contributed by atoms with Gasteiger partial charge in [0.15, 0.2) is 5.82 Å². The molecule has 0 unspecified atom stereocenters. The van der Waals surface area contributed by atoms with Crippen molar-refractivity contribution in [2.45, 2.75) is 13.3 Å². The predicted molar refractivity (Wildman–Crippen MR) is 108 cm³/mol. The van der Waals surface area contributed by atoms with Gasteiger partial charge in [-0.3, -0.25) is 0 Å². The zero-order valence-electron chi connectivity index (χ0n) is 15.1. The summed E-state index contributed by atoms with van der Waals surface area (Å²) in [5.41, 5.74) is 3.11. The normalized spacial score (nSPS) is 10.9. The van der Waals surface area contributed by atoms with Crippen molar-refractivity contribution in [3.05, 3.63) is 71.0 Å². The molecule has 28 heavy (non-hydrogen) atoms. The van der Waals surface area contributed by atoms with Gasteiger partial charge in [-0.25, -0.2) is 13.7 Å². The number of urea groups is 1. The van der Waals surface area contributed by atoms with E-state index in [0.717, 1.165) is 16.9 Å². The van der Waals surface area contributed by atoms with E-state index < -0.39 is 0 Å². The summed E-state index contributed by atoms with van der Waals surface area (Å²) in [6.07, 6.45) is 0.585. The Bertz CT molecular complexity index is 1140. The lowest BCUT2D eigenvalue weighted by Gasteiger charge is -2.07. The maximum atomic E-state index is 14.0. The Morgan fingerprint density at radius 2 is 2.07 bits per heavy atom. The Balaban J connectivity index is 1.40. The maximum Gasteiger partial charge on any atom is 0.319 e. The SMILES string of the molecule is Cc1cccc(NC(=O)NCCc2csc3nc(-c4ccccc4F)nn23)c1. The zero-order chi connectivity index (χ0) is 19.5. The molecule has 4 rings (SSSR count). The Kier molecular flexibility index (Phi) is 5.03. The van der Waals surface area contributed by atoms with Crippen molar-refractivity contribution < 1.29 is 9.18 Å². The zero-order valence-corrected chi connectivity index (χ0v) is 16.0. The van der Waals surface area contributed by atoms with E-state index in [4.69, 9.17) is 0 Å². The second-order valence-electron chi connectivity index (χ2n) is 6.34. The molecular weight excluding hydrogens is 377 g/mol. The van der Waals surface area contributed by atoms with Gasteiger partial charge in [0.2, 0.25) is 4.96 Å². The molecule has 2 N–H and O–H groups in total. The number of aryl methyl sites for hydroxylation is 1. The Hall–Kier alpha value is -3.26. The van der Waals surface area contributed by atoms with Crippen molar-refractivity contribution in [1.29, 1.82) is 0 Å². The number of nitrogens with zero attached hydrogens (tertiary/aromatic N) is 3. The van der Waals surface area contributed by atoms with E-state index in [1.54, 1.807) is 22.7 Å². The molecule has 142 valence electrons. The van der Waals surface area contributed by atoms with Crippen molar-refractivity contribution in [2.24, 2.45) is 0 Å². The lowest BCUT2D eigenvalue weighted by atomic mass is 10.2. The summed E-state index contributed by atoms with van der Waals surface area (Å²) in [4.78, 5) is 17.1. The number of thiazole rings is 1. The number of fused-ring (bicyclic) bond motifs is 1. The van der Waals surface area contributed by atoms with Crippen LogP contribution in [-0.4, -0.2) is 27.2 Å². The highest BCUT2D eigenvalue weighted by atomic mass is 32.1. The molecule has 0 aliphatic heterocycles. The molecule has 0 aliphatic carbocycles. The highest BCUT2D eigenvalue weighted by Crippen LogP contribution is 2.23. The predicted octanol–water partition coefficient (Wildman–Crippen LogP) is 4.27. The minimum absolute atomic E-state index is 0.261. The topological polar surface area (TPSA) is 71.3 Å². The van der Waals surface area contributed by atoms with Crippen LogP contribution in [0.25, 0.3) is 16.3 Å². The summed E-state index contributed by atoms with van der Waals surface area (Å²) < 4.78 is 15.7. The van der Waals surface area contributed by atoms with Gasteiger partial charge in [0.25, 0.3) is 0 Å². The first-order chi connectivity index (χ1) is 13.6. The highest BCUT2D eigenvalue weighted by Gasteiger charge is 2.14. The van der Waals surface area contributed by atoms with Gasteiger partial charge >= 0.3 is 6.03 Å². The van der Waals surface area contributed by atoms with Gasteiger partial charge in [-0.2, -0.15) is 4.98 Å². The Morgan fingerprint density at radius 3 is 2.89 bits per heavy atom. The fourth-order valence-corrected chi connectivity index (χ4v) is 3.71. The summed E-state index contributed by atoms with van der Waals surface area (Å²) >= 11 is 1.44. The van der Waals surface area contributed by atoms with E-state index >= 15 is 0 Å². The molecule has 2 aromatic heterocycles. The number of halogens is 1. The summed E-state index contributed by atoms with van der Waals surface area (Å²) in [5, 5.41) is 12.0. The van der Waals surface area contributed by atoms with Crippen molar-refractivity contribution in [2.75, 3.05) is 11.9 Å². The second-order valence-corrected chi connectivity index (χ2v) is 7.17. The van der Waals surface area contributed by atoms with Gasteiger partial charge < -0.3 is 10.6 Å². The molecule has 8 heteroatoms. The van der Waals surface area contributed by atoms with Crippen molar-refractivity contribution in [1.82, 2.24) is 19.9 Å². The summed E-state index contributed by atoms with van der Waals surface area (Å²) in [6, 6.07) is 13.8. The van der Waals surface area contributed by atoms with Gasteiger partial charge in [0.05, 0.1) is 11.3 Å². The van der Waals surface area contributed by atoms with Crippen LogP contribution in [-0.2, 0) is 6.42 Å². The maximum absolute atomic E-state index is 14.0. The minimum atomic E-state index is -0.350. The first-order valence-corrected chi connectivity index (χ1v) is 9.68. The standard InChI is InChI=1S/C20H18FN5OS/c1-13-5-4-6-14(11-13)23-19(27)22-10-9-15-12-28-20-24-18(25-26(15)20)16-7-2-3-8-17(16)21/h2-8,11-12H,9-10H2,1H3,(H2,22,23,27). The minimum Gasteiger partial charge on any atom is -0.337 e. The van der Waals surface area contributed by atoms with Gasteiger partial charge in [-0.05, 0) is 36.8 Å². The molecule has 2 aromatic carbocycles. The largest absolute Gasteiger partial charge is 0.337 e. The van der Waals surface area contributed by atoms with Crippen LogP contribution in [0.15, 0.2) is 53.9 Å². The third-order valence-electron chi connectivity index (χ3n) is 4.21. The molecule has 0 aliphatic rings. The summed E-state index contributed by atoms with van der Waals surface area (Å²) in [7, 11) is 0. The number of aromatic nitrogens is 3. The van der Waals surface area contributed by atoms with Gasteiger partial charge in [0.1, 0.15) is 5.82 Å². The van der Waals surface area contributed by atoms with E-state index in [1.807, 2.05) is 36.6 Å². The van der Waals surface area contributed by atoms with Crippen LogP contribution in [0, 0.1) is 12.7 Å². The van der Waals surface area contributed by atoms with Crippen LogP contribution >= 0.6 is 11.3 Å². The lowest BCUT2D eigenvalue weighted by molar-refractivity contribution is 0.252. The highest BCUT2D eigenvalue weighted by molar-refractivity contribution is 7.15. The van der Waals surface area contributed by atoms with Gasteiger partial charge in [0, 0.05) is 24.0 Å². The van der Waals surface area contributed by atoms with Crippen LogP contribution in [0.5, 0.6) is 0 Å². The fraction of sp³-hybridized carbons (Fsp3) is 0.150. The Morgan fingerprint density at radius 1 is 1.21 bits per heavy atom. The number of amides is 2. The molecule has 0 saturated heterocycles. The number of hydrogen-bond acceptors (Lipinski definition) is 4. The molecule has 0 atom stereocenters. The fourth-order valence-electron chi connectivity index (χ4n) is 2.86. The molecule has 6 nitrogen and oxygen atoms in total. The molecular formula is C20H18FN5OS. The van der Waals surface area contributed by atoms with Crippen LogP contribution in [0.4, 0.5) is 14.9 Å². The molecule has 0 spiro atoms. The molecule has 0 bridgehead atoms. The van der Waals surface area contributed by atoms with Crippen molar-refractivity contribution in [3.8, 4) is 11.4 Å². The average molecular weight is 395 g/mol. The lowest BCUT2D eigenvalue weighted by Crippen LogP contribution is -2.30. The van der Waals surface area contributed by atoms with Crippen LogP contribution in [0.3, 0.4) is 0 Å².